The third-order valence-corrected chi connectivity index (χ3v) is 5.02. The van der Waals surface area contributed by atoms with Crippen LogP contribution in [0.15, 0.2) is 18.2 Å². The van der Waals surface area contributed by atoms with E-state index in [4.69, 9.17) is 29.4 Å². The number of carbonyl (C=O) groups is 4. The molecule has 0 saturated heterocycles. The molecule has 0 amide bonds. The van der Waals surface area contributed by atoms with Crippen LogP contribution in [0.25, 0.3) is 0 Å². The number of benzene rings is 1. The molecule has 0 bridgehead atoms. The second-order valence-corrected chi connectivity index (χ2v) is 12.1. The van der Waals surface area contributed by atoms with Crippen molar-refractivity contribution >= 4 is 24.2 Å². The Morgan fingerprint density at radius 2 is 1.41 bits per heavy atom. The SMILES string of the molecule is CCCC(=O)O[C@@H](C)CC(N)(Cc1ccc(OC(=O)OCC(C)(C)C)c(OC(=O)OCC(C)(C)C)c1)C(=O)O. The van der Waals surface area contributed by atoms with E-state index in [9.17, 15) is 24.3 Å². The van der Waals surface area contributed by atoms with Gasteiger partial charge >= 0.3 is 24.2 Å². The van der Waals surface area contributed by atoms with Crippen molar-refractivity contribution < 1.29 is 48.0 Å². The van der Waals surface area contributed by atoms with Crippen LogP contribution in [-0.4, -0.2) is 54.2 Å². The molecule has 0 aliphatic heterocycles. The predicted molar refractivity (Wildman–Crippen MR) is 143 cm³/mol. The van der Waals surface area contributed by atoms with Crippen LogP contribution in [0.4, 0.5) is 9.59 Å². The normalized spacial score (nSPS) is 14.0. The summed E-state index contributed by atoms with van der Waals surface area (Å²) in [5.74, 6) is -2.07. The third kappa shape index (κ3) is 13.3. The molecule has 1 aromatic rings. The molecule has 0 radical (unpaired) electrons. The van der Waals surface area contributed by atoms with Crippen molar-refractivity contribution in [2.75, 3.05) is 13.2 Å². The van der Waals surface area contributed by atoms with E-state index in [1.54, 1.807) is 6.92 Å². The Kier molecular flexibility index (Phi) is 12.2. The zero-order valence-electron chi connectivity index (χ0n) is 24.3. The van der Waals surface area contributed by atoms with Gasteiger partial charge < -0.3 is 34.5 Å². The first kappa shape index (κ1) is 33.7. The summed E-state index contributed by atoms with van der Waals surface area (Å²) < 4.78 is 26.1. The highest BCUT2D eigenvalue weighted by molar-refractivity contribution is 5.79. The Labute approximate surface area is 230 Å². The summed E-state index contributed by atoms with van der Waals surface area (Å²) in [6.07, 6.45) is -2.37. The molecule has 0 aliphatic carbocycles. The Morgan fingerprint density at radius 1 is 0.897 bits per heavy atom. The number of carboxylic acids is 1. The molecular formula is C28H43NO10. The molecule has 1 rings (SSSR count). The summed E-state index contributed by atoms with van der Waals surface area (Å²) in [6.45, 7) is 14.8. The van der Waals surface area contributed by atoms with Crippen LogP contribution < -0.4 is 15.2 Å². The highest BCUT2D eigenvalue weighted by Crippen LogP contribution is 2.32. The maximum absolute atomic E-state index is 12.4. The first-order chi connectivity index (χ1) is 17.8. The first-order valence-corrected chi connectivity index (χ1v) is 12.9. The van der Waals surface area contributed by atoms with Crippen molar-refractivity contribution in [3.05, 3.63) is 23.8 Å². The smallest absolute Gasteiger partial charge is 0.480 e. The van der Waals surface area contributed by atoms with E-state index < -0.39 is 35.9 Å². The largest absolute Gasteiger partial charge is 0.513 e. The van der Waals surface area contributed by atoms with Gasteiger partial charge in [0, 0.05) is 19.3 Å². The molecule has 3 N–H and O–H groups in total. The van der Waals surface area contributed by atoms with Crippen LogP contribution in [0, 0.1) is 10.8 Å². The van der Waals surface area contributed by atoms with Gasteiger partial charge in [-0.05, 0) is 41.9 Å². The number of carbonyl (C=O) groups excluding carboxylic acids is 3. The zero-order valence-corrected chi connectivity index (χ0v) is 24.3. The third-order valence-electron chi connectivity index (χ3n) is 5.02. The summed E-state index contributed by atoms with van der Waals surface area (Å²) in [5, 5.41) is 9.88. The van der Waals surface area contributed by atoms with Crippen molar-refractivity contribution in [2.24, 2.45) is 16.6 Å². The van der Waals surface area contributed by atoms with Crippen molar-refractivity contribution in [3.63, 3.8) is 0 Å². The second kappa shape index (κ2) is 14.2. The van der Waals surface area contributed by atoms with Crippen LogP contribution in [-0.2, 0) is 30.2 Å². The van der Waals surface area contributed by atoms with Gasteiger partial charge in [-0.25, -0.2) is 9.59 Å². The zero-order chi connectivity index (χ0) is 30.0. The minimum Gasteiger partial charge on any atom is -0.480 e. The number of nitrogens with two attached hydrogens (primary N) is 1. The standard InChI is InChI=1S/C28H43NO10/c1-9-10-22(30)37-18(2)14-28(29,23(31)32)15-19-11-12-20(38-24(33)35-16-26(3,4)5)21(13-19)39-25(34)36-17-27(6,7)8/h11-13,18H,9-10,14-17,29H2,1-8H3,(H,31,32)/t18-,28?/m0/s1. The number of esters is 1. The Bertz CT molecular complexity index is 1010. The topological polar surface area (TPSA) is 161 Å². The highest BCUT2D eigenvalue weighted by Gasteiger charge is 2.37. The number of ether oxygens (including phenoxy) is 5. The minimum atomic E-state index is -1.82. The summed E-state index contributed by atoms with van der Waals surface area (Å²) in [4.78, 5) is 48.6. The minimum absolute atomic E-state index is 0.0644. The van der Waals surface area contributed by atoms with Gasteiger partial charge in [0.05, 0.1) is 13.2 Å². The molecule has 0 saturated carbocycles. The number of hydrogen-bond acceptors (Lipinski definition) is 10. The van der Waals surface area contributed by atoms with Crippen molar-refractivity contribution in [2.45, 2.75) is 92.7 Å². The molecule has 0 heterocycles. The molecule has 11 nitrogen and oxygen atoms in total. The average molecular weight is 554 g/mol. The predicted octanol–water partition coefficient (Wildman–Crippen LogP) is 5.26. The molecule has 0 fully saturated rings. The number of carboxylic acid groups (broad SMARTS) is 1. The van der Waals surface area contributed by atoms with Crippen LogP contribution in [0.1, 0.15) is 80.2 Å². The van der Waals surface area contributed by atoms with Gasteiger partial charge in [0.25, 0.3) is 0 Å². The molecule has 11 heteroatoms. The van der Waals surface area contributed by atoms with Crippen molar-refractivity contribution in [1.82, 2.24) is 0 Å². The van der Waals surface area contributed by atoms with Crippen LogP contribution in [0.2, 0.25) is 0 Å². The van der Waals surface area contributed by atoms with Gasteiger partial charge in [-0.3, -0.25) is 9.59 Å². The van der Waals surface area contributed by atoms with Gasteiger partial charge in [0.1, 0.15) is 11.6 Å². The second-order valence-electron chi connectivity index (χ2n) is 12.1. The van der Waals surface area contributed by atoms with Crippen molar-refractivity contribution in [3.8, 4) is 11.5 Å². The van der Waals surface area contributed by atoms with Gasteiger partial charge in [-0.15, -0.1) is 0 Å². The molecule has 0 spiro atoms. The van der Waals surface area contributed by atoms with E-state index in [-0.39, 0.29) is 54.8 Å². The highest BCUT2D eigenvalue weighted by atomic mass is 16.7. The van der Waals surface area contributed by atoms with E-state index in [0.717, 1.165) is 0 Å². The molecule has 0 aromatic heterocycles. The monoisotopic (exact) mass is 553 g/mol. The lowest BCUT2D eigenvalue weighted by Gasteiger charge is -2.28. The molecular weight excluding hydrogens is 510 g/mol. The van der Waals surface area contributed by atoms with Crippen LogP contribution >= 0.6 is 0 Å². The van der Waals surface area contributed by atoms with Gasteiger partial charge in [-0.2, -0.15) is 0 Å². The fourth-order valence-electron chi connectivity index (χ4n) is 3.26. The first-order valence-electron chi connectivity index (χ1n) is 12.9. The van der Waals surface area contributed by atoms with Gasteiger partial charge in [0.15, 0.2) is 11.5 Å². The van der Waals surface area contributed by atoms with Crippen LogP contribution in [0.5, 0.6) is 11.5 Å². The van der Waals surface area contributed by atoms with Crippen molar-refractivity contribution in [1.29, 1.82) is 0 Å². The molecule has 1 unspecified atom stereocenters. The summed E-state index contributed by atoms with van der Waals surface area (Å²) in [7, 11) is 0. The lowest BCUT2D eigenvalue weighted by molar-refractivity contribution is -0.153. The quantitative estimate of drug-likeness (QED) is 0.197. The average Bonchev–Trinajstić information content (AvgIpc) is 2.77. The molecule has 220 valence electrons. The van der Waals surface area contributed by atoms with E-state index in [1.165, 1.54) is 18.2 Å². The Balaban J connectivity index is 3.20. The summed E-state index contributed by atoms with van der Waals surface area (Å²) in [5.41, 5.74) is 4.16. The number of hydrogen-bond donors (Lipinski definition) is 2. The van der Waals surface area contributed by atoms with E-state index >= 15 is 0 Å². The molecule has 39 heavy (non-hydrogen) atoms. The fourth-order valence-corrected chi connectivity index (χ4v) is 3.26. The lowest BCUT2D eigenvalue weighted by Crippen LogP contribution is -2.52. The maximum atomic E-state index is 12.4. The van der Waals surface area contributed by atoms with E-state index in [0.29, 0.717) is 12.0 Å². The number of aliphatic carboxylic acids is 1. The fraction of sp³-hybridized carbons (Fsp3) is 0.643. The summed E-state index contributed by atoms with van der Waals surface area (Å²) >= 11 is 0. The maximum Gasteiger partial charge on any atom is 0.513 e. The molecule has 0 aliphatic rings. The van der Waals surface area contributed by atoms with E-state index in [1.807, 2.05) is 48.5 Å². The van der Waals surface area contributed by atoms with E-state index in [2.05, 4.69) is 0 Å². The van der Waals surface area contributed by atoms with Gasteiger partial charge in [-0.1, -0.05) is 54.5 Å². The molecule has 1 aromatic carbocycles. The number of rotatable bonds is 12. The Hall–Kier alpha value is -3.34. The summed E-state index contributed by atoms with van der Waals surface area (Å²) in [6, 6.07) is 4.16. The molecule has 2 atom stereocenters. The Morgan fingerprint density at radius 3 is 1.87 bits per heavy atom. The van der Waals surface area contributed by atoms with Crippen LogP contribution in [0.3, 0.4) is 0 Å². The lowest BCUT2D eigenvalue weighted by atomic mass is 9.86. The van der Waals surface area contributed by atoms with Gasteiger partial charge in [0.2, 0.25) is 0 Å².